The van der Waals surface area contributed by atoms with Crippen LogP contribution in [0.4, 0.5) is 11.5 Å². The van der Waals surface area contributed by atoms with Crippen LogP contribution >= 0.6 is 0 Å². The monoisotopic (exact) mass is 264 g/mol. The van der Waals surface area contributed by atoms with Crippen molar-refractivity contribution in [1.82, 2.24) is 9.78 Å². The number of aromatic nitrogens is 2. The maximum Gasteiger partial charge on any atom is 0.398 e. The van der Waals surface area contributed by atoms with Crippen LogP contribution in [0.1, 0.15) is 0 Å². The number of benzene rings is 1. The molecule has 1 aliphatic rings. The van der Waals surface area contributed by atoms with Gasteiger partial charge in [-0.25, -0.2) is 0 Å². The van der Waals surface area contributed by atoms with Crippen molar-refractivity contribution < 1.29 is 14.6 Å². The Labute approximate surface area is 105 Å². The van der Waals surface area contributed by atoms with Gasteiger partial charge in [-0.05, 0) is 11.0 Å². The fourth-order valence-electron chi connectivity index (χ4n) is 1.98. The third kappa shape index (κ3) is 1.89. The van der Waals surface area contributed by atoms with E-state index in [0.29, 0.717) is 6.61 Å². The molecule has 2 heterocycles. The van der Waals surface area contributed by atoms with Gasteiger partial charge >= 0.3 is 5.82 Å². The summed E-state index contributed by atoms with van der Waals surface area (Å²) in [6.45, 7) is 0.810. The SMILES string of the molecule is O=[N+]([O-])c1nn(CC2CO2)c2c([N+](=O)[O-])cccc12. The highest BCUT2D eigenvalue weighted by Crippen LogP contribution is 2.32. The minimum absolute atomic E-state index is 0.0810. The molecular weight excluding hydrogens is 256 g/mol. The number of hydrogen-bond donors (Lipinski definition) is 0. The number of nitro groups is 2. The summed E-state index contributed by atoms with van der Waals surface area (Å²) in [7, 11) is 0. The Bertz CT molecular complexity index is 691. The van der Waals surface area contributed by atoms with E-state index in [1.165, 1.54) is 22.9 Å². The zero-order valence-electron chi connectivity index (χ0n) is 9.55. The van der Waals surface area contributed by atoms with E-state index in [1.807, 2.05) is 0 Å². The Hall–Kier alpha value is -2.55. The molecule has 0 spiro atoms. The average molecular weight is 264 g/mol. The number of epoxide rings is 1. The molecule has 1 unspecified atom stereocenters. The number of nitro benzene ring substituents is 1. The standard InChI is InChI=1S/C10H8N4O5/c15-13(16)8-3-1-2-7-9(8)12(4-6-5-19-6)11-10(7)14(17)18/h1-3,6H,4-5H2. The maximum atomic E-state index is 11.0. The molecule has 0 N–H and O–H groups in total. The maximum absolute atomic E-state index is 11.0. The van der Waals surface area contributed by atoms with Crippen molar-refractivity contribution in [3.05, 3.63) is 38.4 Å². The Morgan fingerprint density at radius 2 is 2.11 bits per heavy atom. The van der Waals surface area contributed by atoms with Gasteiger partial charge in [-0.1, -0.05) is 6.07 Å². The summed E-state index contributed by atoms with van der Waals surface area (Å²) in [5.74, 6) is -0.376. The molecule has 1 aromatic carbocycles. The van der Waals surface area contributed by atoms with Gasteiger partial charge < -0.3 is 14.9 Å². The third-order valence-corrected chi connectivity index (χ3v) is 2.88. The topological polar surface area (TPSA) is 117 Å². The first-order chi connectivity index (χ1) is 9.08. The zero-order valence-corrected chi connectivity index (χ0v) is 9.55. The molecule has 1 saturated heterocycles. The van der Waals surface area contributed by atoms with Crippen molar-refractivity contribution >= 4 is 22.4 Å². The molecule has 1 aliphatic heterocycles. The molecule has 0 aliphatic carbocycles. The van der Waals surface area contributed by atoms with E-state index < -0.39 is 9.85 Å². The van der Waals surface area contributed by atoms with E-state index >= 15 is 0 Å². The molecule has 0 amide bonds. The first-order valence-corrected chi connectivity index (χ1v) is 5.48. The highest BCUT2D eigenvalue weighted by molar-refractivity contribution is 5.93. The molecule has 2 aromatic rings. The van der Waals surface area contributed by atoms with E-state index in [-0.39, 0.29) is 35.1 Å². The number of nitrogens with zero attached hydrogens (tertiary/aromatic N) is 4. The van der Waals surface area contributed by atoms with Crippen molar-refractivity contribution in [2.75, 3.05) is 6.61 Å². The number of hydrogen-bond acceptors (Lipinski definition) is 6. The molecule has 98 valence electrons. The van der Waals surface area contributed by atoms with Gasteiger partial charge in [0.05, 0.1) is 23.2 Å². The van der Waals surface area contributed by atoms with E-state index in [0.717, 1.165) is 0 Å². The van der Waals surface area contributed by atoms with Crippen LogP contribution in [0.2, 0.25) is 0 Å². The molecule has 1 atom stereocenters. The lowest BCUT2D eigenvalue weighted by atomic mass is 10.2. The van der Waals surface area contributed by atoms with Crippen LogP contribution < -0.4 is 0 Å². The molecule has 0 bridgehead atoms. The number of ether oxygens (including phenoxy) is 1. The Balaban J connectivity index is 2.27. The normalized spacial score (nSPS) is 17.6. The van der Waals surface area contributed by atoms with Gasteiger partial charge in [-0.2, -0.15) is 4.68 Å². The van der Waals surface area contributed by atoms with Crippen LogP contribution in [-0.2, 0) is 11.3 Å². The molecule has 0 radical (unpaired) electrons. The third-order valence-electron chi connectivity index (χ3n) is 2.88. The van der Waals surface area contributed by atoms with Crippen molar-refractivity contribution in [3.8, 4) is 0 Å². The minimum atomic E-state index is -0.643. The van der Waals surface area contributed by atoms with Crippen molar-refractivity contribution in [2.24, 2.45) is 0 Å². The minimum Gasteiger partial charge on any atom is -0.371 e. The summed E-state index contributed by atoms with van der Waals surface area (Å²) >= 11 is 0. The Kier molecular flexibility index (Phi) is 2.42. The van der Waals surface area contributed by atoms with Crippen LogP contribution in [0.25, 0.3) is 10.9 Å². The van der Waals surface area contributed by atoms with Crippen LogP contribution in [-0.4, -0.2) is 32.3 Å². The lowest BCUT2D eigenvalue weighted by Crippen LogP contribution is -2.07. The van der Waals surface area contributed by atoms with Gasteiger partial charge in [0.2, 0.25) is 0 Å². The summed E-state index contributed by atoms with van der Waals surface area (Å²) in [5.41, 5.74) is -0.0338. The largest absolute Gasteiger partial charge is 0.398 e. The highest BCUT2D eigenvalue weighted by Gasteiger charge is 2.32. The lowest BCUT2D eigenvalue weighted by molar-refractivity contribution is -0.388. The summed E-state index contributed by atoms with van der Waals surface area (Å²) in [6, 6.07) is 4.17. The second-order valence-electron chi connectivity index (χ2n) is 4.15. The highest BCUT2D eigenvalue weighted by atomic mass is 16.6. The predicted molar refractivity (Wildman–Crippen MR) is 62.8 cm³/mol. The van der Waals surface area contributed by atoms with Crippen molar-refractivity contribution in [1.29, 1.82) is 0 Å². The van der Waals surface area contributed by atoms with E-state index in [4.69, 9.17) is 4.74 Å². The van der Waals surface area contributed by atoms with Crippen LogP contribution in [0, 0.1) is 20.2 Å². The predicted octanol–water partition coefficient (Wildman–Crippen LogP) is 1.25. The number of fused-ring (bicyclic) bond motifs is 1. The molecule has 3 rings (SSSR count). The second-order valence-corrected chi connectivity index (χ2v) is 4.15. The smallest absolute Gasteiger partial charge is 0.371 e. The van der Waals surface area contributed by atoms with Gasteiger partial charge in [-0.15, -0.1) is 0 Å². The van der Waals surface area contributed by atoms with Gasteiger partial charge in [0.1, 0.15) is 11.5 Å². The number of para-hydroxylation sites is 1. The van der Waals surface area contributed by atoms with Gasteiger partial charge in [0.25, 0.3) is 5.69 Å². The van der Waals surface area contributed by atoms with E-state index in [2.05, 4.69) is 5.10 Å². The zero-order chi connectivity index (χ0) is 13.6. The van der Waals surface area contributed by atoms with E-state index in [1.54, 1.807) is 0 Å². The van der Waals surface area contributed by atoms with E-state index in [9.17, 15) is 20.2 Å². The molecule has 9 heteroatoms. The molecule has 0 saturated carbocycles. The summed E-state index contributed by atoms with van der Waals surface area (Å²) in [5, 5.41) is 26.0. The summed E-state index contributed by atoms with van der Waals surface area (Å²) < 4.78 is 6.31. The number of rotatable bonds is 4. The first kappa shape index (κ1) is 11.5. The summed E-state index contributed by atoms with van der Waals surface area (Å²) in [6.07, 6.45) is -0.0810. The molecule has 1 aromatic heterocycles. The summed E-state index contributed by atoms with van der Waals surface area (Å²) in [4.78, 5) is 20.7. The van der Waals surface area contributed by atoms with Crippen LogP contribution in [0.15, 0.2) is 18.2 Å². The van der Waals surface area contributed by atoms with Gasteiger partial charge in [0, 0.05) is 6.07 Å². The quantitative estimate of drug-likeness (QED) is 0.466. The molecule has 9 nitrogen and oxygen atoms in total. The Morgan fingerprint density at radius 1 is 1.37 bits per heavy atom. The van der Waals surface area contributed by atoms with Gasteiger partial charge in [-0.3, -0.25) is 10.1 Å². The second kappa shape index (κ2) is 3.99. The number of non-ortho nitro benzene ring substituents is 1. The Morgan fingerprint density at radius 3 is 2.68 bits per heavy atom. The molecule has 19 heavy (non-hydrogen) atoms. The molecule has 1 fully saturated rings. The van der Waals surface area contributed by atoms with Crippen molar-refractivity contribution in [2.45, 2.75) is 12.6 Å². The molecular formula is C10H8N4O5. The lowest BCUT2D eigenvalue weighted by Gasteiger charge is -1.96. The van der Waals surface area contributed by atoms with Crippen LogP contribution in [0.3, 0.4) is 0 Å². The fraction of sp³-hybridized carbons (Fsp3) is 0.300. The fourth-order valence-corrected chi connectivity index (χ4v) is 1.98. The van der Waals surface area contributed by atoms with Crippen LogP contribution in [0.5, 0.6) is 0 Å². The van der Waals surface area contributed by atoms with Crippen molar-refractivity contribution in [3.63, 3.8) is 0 Å². The first-order valence-electron chi connectivity index (χ1n) is 5.48. The average Bonchev–Trinajstić information content (AvgIpc) is 3.09. The van der Waals surface area contributed by atoms with Gasteiger partial charge in [0.15, 0.2) is 5.52 Å².